The lowest BCUT2D eigenvalue weighted by molar-refractivity contribution is -0.132. The molecule has 0 bridgehead atoms. The SMILES string of the molecule is COc1ccc(/C=C2/OC(=O)C=C2c2ccc(O)c(Br)c2)cc1. The van der Waals surface area contributed by atoms with Crippen LogP contribution in [0.15, 0.2) is 58.8 Å². The summed E-state index contributed by atoms with van der Waals surface area (Å²) in [5, 5.41) is 9.60. The Kier molecular flexibility index (Phi) is 4.21. The van der Waals surface area contributed by atoms with E-state index in [1.54, 1.807) is 31.4 Å². The Balaban J connectivity index is 1.97. The predicted molar refractivity (Wildman–Crippen MR) is 90.8 cm³/mol. The number of carbonyl (C=O) groups excluding carboxylic acids is 1. The largest absolute Gasteiger partial charge is 0.507 e. The first-order valence-corrected chi connectivity index (χ1v) is 7.64. The van der Waals surface area contributed by atoms with Gasteiger partial charge in [-0.2, -0.15) is 0 Å². The number of hydrogen-bond donors (Lipinski definition) is 1. The highest BCUT2D eigenvalue weighted by Gasteiger charge is 2.22. The molecule has 1 aliphatic rings. The van der Waals surface area contributed by atoms with Crippen LogP contribution in [0.1, 0.15) is 11.1 Å². The lowest BCUT2D eigenvalue weighted by atomic mass is 10.0. The van der Waals surface area contributed by atoms with Crippen molar-refractivity contribution in [1.82, 2.24) is 0 Å². The highest BCUT2D eigenvalue weighted by molar-refractivity contribution is 9.10. The van der Waals surface area contributed by atoms with E-state index >= 15 is 0 Å². The van der Waals surface area contributed by atoms with Gasteiger partial charge in [-0.15, -0.1) is 0 Å². The van der Waals surface area contributed by atoms with Crippen molar-refractivity contribution in [3.63, 3.8) is 0 Å². The molecule has 0 aromatic heterocycles. The van der Waals surface area contributed by atoms with E-state index in [1.165, 1.54) is 6.08 Å². The van der Waals surface area contributed by atoms with Gasteiger partial charge < -0.3 is 14.6 Å². The molecule has 23 heavy (non-hydrogen) atoms. The van der Waals surface area contributed by atoms with Crippen molar-refractivity contribution in [2.24, 2.45) is 0 Å². The van der Waals surface area contributed by atoms with E-state index in [-0.39, 0.29) is 5.75 Å². The van der Waals surface area contributed by atoms with E-state index in [9.17, 15) is 9.90 Å². The van der Waals surface area contributed by atoms with Crippen molar-refractivity contribution in [1.29, 1.82) is 0 Å². The van der Waals surface area contributed by atoms with Gasteiger partial charge in [0.1, 0.15) is 17.3 Å². The molecule has 0 saturated heterocycles. The normalized spacial score (nSPS) is 15.5. The van der Waals surface area contributed by atoms with Gasteiger partial charge >= 0.3 is 5.97 Å². The van der Waals surface area contributed by atoms with Crippen LogP contribution in [-0.4, -0.2) is 18.2 Å². The van der Waals surface area contributed by atoms with Crippen molar-refractivity contribution in [2.45, 2.75) is 0 Å². The number of esters is 1. The summed E-state index contributed by atoms with van der Waals surface area (Å²) in [6.45, 7) is 0. The third-order valence-electron chi connectivity index (χ3n) is 3.41. The minimum atomic E-state index is -0.413. The predicted octanol–water partition coefficient (Wildman–Crippen LogP) is 4.14. The van der Waals surface area contributed by atoms with Crippen LogP contribution < -0.4 is 4.74 Å². The van der Waals surface area contributed by atoms with Crippen molar-refractivity contribution < 1.29 is 19.4 Å². The van der Waals surface area contributed by atoms with Gasteiger partial charge in [-0.1, -0.05) is 18.2 Å². The number of phenolic OH excluding ortho intramolecular Hbond substituents is 1. The zero-order valence-corrected chi connectivity index (χ0v) is 13.8. The van der Waals surface area contributed by atoms with E-state index in [4.69, 9.17) is 9.47 Å². The Labute approximate surface area is 141 Å². The number of rotatable bonds is 3. The fraction of sp³-hybridized carbons (Fsp3) is 0.0556. The number of phenols is 1. The number of ether oxygens (including phenoxy) is 2. The molecular weight excluding hydrogens is 360 g/mol. The van der Waals surface area contributed by atoms with Gasteiger partial charge in [0.2, 0.25) is 0 Å². The molecule has 1 aliphatic heterocycles. The zero-order valence-electron chi connectivity index (χ0n) is 12.2. The fourth-order valence-corrected chi connectivity index (χ4v) is 2.62. The molecule has 0 aliphatic carbocycles. The average molecular weight is 373 g/mol. The molecule has 4 nitrogen and oxygen atoms in total. The van der Waals surface area contributed by atoms with Crippen LogP contribution in [-0.2, 0) is 9.53 Å². The highest BCUT2D eigenvalue weighted by Crippen LogP contribution is 2.34. The molecular formula is C18H13BrO4. The number of allylic oxidation sites excluding steroid dienone is 1. The molecule has 3 rings (SSSR count). The summed E-state index contributed by atoms with van der Waals surface area (Å²) in [6, 6.07) is 12.5. The first-order chi connectivity index (χ1) is 11.1. The maximum Gasteiger partial charge on any atom is 0.336 e. The third-order valence-corrected chi connectivity index (χ3v) is 4.05. The Bertz CT molecular complexity index is 819. The van der Waals surface area contributed by atoms with E-state index < -0.39 is 5.97 Å². The Hall–Kier alpha value is -2.53. The van der Waals surface area contributed by atoms with Crippen LogP contribution in [0, 0.1) is 0 Å². The van der Waals surface area contributed by atoms with E-state index in [1.807, 2.05) is 24.3 Å². The molecule has 1 heterocycles. The molecule has 116 valence electrons. The smallest absolute Gasteiger partial charge is 0.336 e. The van der Waals surface area contributed by atoms with Crippen molar-refractivity contribution in [3.05, 3.63) is 69.9 Å². The van der Waals surface area contributed by atoms with Gasteiger partial charge in [-0.25, -0.2) is 4.79 Å². The maximum atomic E-state index is 11.7. The minimum absolute atomic E-state index is 0.139. The summed E-state index contributed by atoms with van der Waals surface area (Å²) in [4.78, 5) is 11.7. The molecule has 0 saturated carbocycles. The van der Waals surface area contributed by atoms with Gasteiger partial charge in [0.25, 0.3) is 0 Å². The van der Waals surface area contributed by atoms with Crippen LogP contribution in [0.25, 0.3) is 11.6 Å². The van der Waals surface area contributed by atoms with Crippen molar-refractivity contribution in [3.8, 4) is 11.5 Å². The number of carbonyl (C=O) groups is 1. The van der Waals surface area contributed by atoms with Crippen LogP contribution in [0.5, 0.6) is 11.5 Å². The topological polar surface area (TPSA) is 55.8 Å². The van der Waals surface area contributed by atoms with Gasteiger partial charge in [-0.05, 0) is 57.4 Å². The molecule has 0 fully saturated rings. The standard InChI is InChI=1S/C18H13BrO4/c1-22-13-5-2-11(3-6-13)8-17-14(10-18(21)23-17)12-4-7-16(20)15(19)9-12/h2-10,20H,1H3/b17-8+. The molecule has 0 atom stereocenters. The number of halogens is 1. The molecule has 0 amide bonds. The van der Waals surface area contributed by atoms with Crippen LogP contribution >= 0.6 is 15.9 Å². The van der Waals surface area contributed by atoms with Crippen molar-refractivity contribution >= 4 is 33.5 Å². The first kappa shape index (κ1) is 15.4. The van der Waals surface area contributed by atoms with Crippen LogP contribution in [0.2, 0.25) is 0 Å². The fourth-order valence-electron chi connectivity index (χ4n) is 2.24. The molecule has 0 radical (unpaired) electrons. The molecule has 0 unspecified atom stereocenters. The molecule has 2 aromatic rings. The van der Waals surface area contributed by atoms with Gasteiger partial charge in [0.05, 0.1) is 11.6 Å². The number of cyclic esters (lactones) is 1. The second-order valence-corrected chi connectivity index (χ2v) is 5.78. The summed E-state index contributed by atoms with van der Waals surface area (Å²) in [5.41, 5.74) is 2.34. The Morgan fingerprint density at radius 1 is 1.17 bits per heavy atom. The lowest BCUT2D eigenvalue weighted by Crippen LogP contribution is -1.92. The monoisotopic (exact) mass is 372 g/mol. The molecule has 2 aromatic carbocycles. The number of benzene rings is 2. The summed E-state index contributed by atoms with van der Waals surface area (Å²) in [6.07, 6.45) is 3.23. The Morgan fingerprint density at radius 2 is 1.91 bits per heavy atom. The lowest BCUT2D eigenvalue weighted by Gasteiger charge is -2.07. The minimum Gasteiger partial charge on any atom is -0.507 e. The quantitative estimate of drug-likeness (QED) is 0.822. The summed E-state index contributed by atoms with van der Waals surface area (Å²) in [7, 11) is 1.61. The number of hydrogen-bond acceptors (Lipinski definition) is 4. The van der Waals surface area contributed by atoms with Crippen LogP contribution in [0.4, 0.5) is 0 Å². The third kappa shape index (κ3) is 3.29. The summed E-state index contributed by atoms with van der Waals surface area (Å²) >= 11 is 3.27. The number of aromatic hydroxyl groups is 1. The van der Waals surface area contributed by atoms with E-state index in [0.29, 0.717) is 15.8 Å². The maximum absolute atomic E-state index is 11.7. The zero-order chi connectivity index (χ0) is 16.4. The summed E-state index contributed by atoms with van der Waals surface area (Å²) < 4.78 is 11.0. The first-order valence-electron chi connectivity index (χ1n) is 6.85. The van der Waals surface area contributed by atoms with Crippen LogP contribution in [0.3, 0.4) is 0 Å². The van der Waals surface area contributed by atoms with Gasteiger partial charge in [0.15, 0.2) is 0 Å². The average Bonchev–Trinajstić information content (AvgIpc) is 2.91. The van der Waals surface area contributed by atoms with E-state index in [0.717, 1.165) is 16.9 Å². The second-order valence-electron chi connectivity index (χ2n) is 4.93. The second kappa shape index (κ2) is 6.30. The highest BCUT2D eigenvalue weighted by atomic mass is 79.9. The molecule has 0 spiro atoms. The van der Waals surface area contributed by atoms with Gasteiger partial charge in [0, 0.05) is 11.6 Å². The summed E-state index contributed by atoms with van der Waals surface area (Å²) in [5.74, 6) is 0.954. The number of methoxy groups -OCH3 is 1. The van der Waals surface area contributed by atoms with Gasteiger partial charge in [-0.3, -0.25) is 0 Å². The van der Waals surface area contributed by atoms with E-state index in [2.05, 4.69) is 15.9 Å². The van der Waals surface area contributed by atoms with Crippen molar-refractivity contribution in [2.75, 3.05) is 7.11 Å². The Morgan fingerprint density at radius 3 is 2.57 bits per heavy atom. The molecule has 1 N–H and O–H groups in total. The molecule has 5 heteroatoms.